The molecule has 2 rings (SSSR count). The average Bonchev–Trinajstić information content (AvgIpc) is 2.67. The molecule has 1 atom stereocenters. The van der Waals surface area contributed by atoms with E-state index in [0.717, 1.165) is 25.9 Å². The Morgan fingerprint density at radius 2 is 2.62 bits per heavy atom. The number of piperidine rings is 1. The molecule has 0 aliphatic carbocycles. The minimum Gasteiger partial charge on any atom is -0.443 e. The summed E-state index contributed by atoms with van der Waals surface area (Å²) in [5.41, 5.74) is 0. The van der Waals surface area contributed by atoms with Crippen LogP contribution < -0.4 is 5.32 Å². The van der Waals surface area contributed by atoms with E-state index in [9.17, 15) is 4.39 Å². The lowest BCUT2D eigenvalue weighted by molar-refractivity contribution is 0.335. The Morgan fingerprint density at radius 3 is 3.23 bits per heavy atom. The normalized spacial score (nSPS) is 23.3. The fourth-order valence-electron chi connectivity index (χ4n) is 1.64. The van der Waals surface area contributed by atoms with E-state index in [1.54, 1.807) is 0 Å². The van der Waals surface area contributed by atoms with Gasteiger partial charge >= 0.3 is 0 Å². The van der Waals surface area contributed by atoms with E-state index >= 15 is 0 Å². The maximum absolute atomic E-state index is 12.2. The van der Waals surface area contributed by atoms with Crippen LogP contribution in [0.15, 0.2) is 10.6 Å². The highest BCUT2D eigenvalue weighted by Gasteiger charge is 2.19. The smallest absolute Gasteiger partial charge is 0.198 e. The summed E-state index contributed by atoms with van der Waals surface area (Å²) >= 11 is 0. The summed E-state index contributed by atoms with van der Waals surface area (Å²) in [6, 6.07) is 0. The number of hydrogen-bond donors (Lipinski definition) is 1. The molecule has 1 aliphatic rings. The van der Waals surface area contributed by atoms with Gasteiger partial charge in [0.2, 0.25) is 0 Å². The van der Waals surface area contributed by atoms with Gasteiger partial charge < -0.3 is 9.73 Å². The molecule has 1 unspecified atom stereocenters. The molecule has 0 aromatic carbocycles. The maximum atomic E-state index is 12.2. The predicted octanol–water partition coefficient (Wildman–Crippen LogP) is 1.61. The maximum Gasteiger partial charge on any atom is 0.198 e. The number of oxazole rings is 1. The number of alkyl halides is 1. The van der Waals surface area contributed by atoms with Gasteiger partial charge in [-0.15, -0.1) is 0 Å². The molecule has 1 aromatic rings. The lowest BCUT2D eigenvalue weighted by Crippen LogP contribution is -2.28. The van der Waals surface area contributed by atoms with Crippen molar-refractivity contribution in [2.75, 3.05) is 13.1 Å². The molecule has 3 nitrogen and oxygen atoms in total. The standard InChI is InChI=1S/C9H13FN2O/c10-4-8-6-12-9(13-8)7-2-1-3-11-5-7/h6-7,11H,1-5H2. The third kappa shape index (κ3) is 1.88. The van der Waals surface area contributed by atoms with Crippen LogP contribution in [-0.4, -0.2) is 18.1 Å². The second-order valence-corrected chi connectivity index (χ2v) is 3.34. The Labute approximate surface area is 76.3 Å². The highest BCUT2D eigenvalue weighted by atomic mass is 19.1. The van der Waals surface area contributed by atoms with Gasteiger partial charge in [-0.3, -0.25) is 0 Å². The van der Waals surface area contributed by atoms with Crippen molar-refractivity contribution >= 4 is 0 Å². The van der Waals surface area contributed by atoms with Crippen LogP contribution in [0.2, 0.25) is 0 Å². The summed E-state index contributed by atoms with van der Waals surface area (Å²) in [5.74, 6) is 1.34. The average molecular weight is 184 g/mol. The molecule has 1 aromatic heterocycles. The highest BCUT2D eigenvalue weighted by Crippen LogP contribution is 2.22. The molecular weight excluding hydrogens is 171 g/mol. The molecule has 0 saturated carbocycles. The fourth-order valence-corrected chi connectivity index (χ4v) is 1.64. The summed E-state index contributed by atoms with van der Waals surface area (Å²) in [6.45, 7) is 1.40. The second-order valence-electron chi connectivity index (χ2n) is 3.34. The van der Waals surface area contributed by atoms with E-state index in [-0.39, 0.29) is 0 Å². The topological polar surface area (TPSA) is 38.1 Å². The van der Waals surface area contributed by atoms with Crippen molar-refractivity contribution < 1.29 is 8.81 Å². The van der Waals surface area contributed by atoms with Gasteiger partial charge in [0, 0.05) is 12.5 Å². The van der Waals surface area contributed by atoms with Crippen LogP contribution in [-0.2, 0) is 6.67 Å². The molecule has 0 radical (unpaired) electrons. The van der Waals surface area contributed by atoms with Gasteiger partial charge in [0.25, 0.3) is 0 Å². The van der Waals surface area contributed by atoms with Gasteiger partial charge in [-0.25, -0.2) is 9.37 Å². The SMILES string of the molecule is FCc1cnc(C2CCCNC2)o1. The minimum absolute atomic E-state index is 0.328. The van der Waals surface area contributed by atoms with Crippen LogP contribution in [0.4, 0.5) is 4.39 Å². The third-order valence-electron chi connectivity index (χ3n) is 2.35. The molecule has 1 saturated heterocycles. The first-order valence-electron chi connectivity index (χ1n) is 4.61. The van der Waals surface area contributed by atoms with Crippen molar-refractivity contribution in [3.05, 3.63) is 17.8 Å². The monoisotopic (exact) mass is 184 g/mol. The molecule has 0 amide bonds. The molecule has 4 heteroatoms. The van der Waals surface area contributed by atoms with Gasteiger partial charge in [-0.05, 0) is 19.4 Å². The zero-order valence-electron chi connectivity index (χ0n) is 7.42. The van der Waals surface area contributed by atoms with Gasteiger partial charge in [-0.1, -0.05) is 0 Å². The van der Waals surface area contributed by atoms with E-state index in [1.807, 2.05) is 0 Å². The lowest BCUT2D eigenvalue weighted by atomic mass is 10.00. The number of nitrogens with one attached hydrogen (secondary N) is 1. The van der Waals surface area contributed by atoms with Crippen LogP contribution in [0.1, 0.15) is 30.4 Å². The quantitative estimate of drug-likeness (QED) is 0.758. The Hall–Kier alpha value is -0.900. The molecule has 1 aliphatic heterocycles. The van der Waals surface area contributed by atoms with Crippen molar-refractivity contribution in [3.8, 4) is 0 Å². The predicted molar refractivity (Wildman–Crippen MR) is 46.2 cm³/mol. The number of halogens is 1. The molecule has 1 fully saturated rings. The number of hydrogen-bond acceptors (Lipinski definition) is 3. The summed E-state index contributed by atoms with van der Waals surface area (Å²) in [5, 5.41) is 3.27. The largest absolute Gasteiger partial charge is 0.443 e. The first-order chi connectivity index (χ1) is 6.40. The van der Waals surface area contributed by atoms with Gasteiger partial charge in [-0.2, -0.15) is 0 Å². The molecular formula is C9H13FN2O. The lowest BCUT2D eigenvalue weighted by Gasteiger charge is -2.19. The van der Waals surface area contributed by atoms with E-state index < -0.39 is 6.67 Å². The fraction of sp³-hybridized carbons (Fsp3) is 0.667. The van der Waals surface area contributed by atoms with Gasteiger partial charge in [0.1, 0.15) is 6.67 Å². The molecule has 0 bridgehead atoms. The minimum atomic E-state index is -0.562. The zero-order chi connectivity index (χ0) is 9.10. The van der Waals surface area contributed by atoms with Crippen LogP contribution >= 0.6 is 0 Å². The molecule has 0 spiro atoms. The van der Waals surface area contributed by atoms with Crippen molar-refractivity contribution in [2.24, 2.45) is 0 Å². The van der Waals surface area contributed by atoms with Gasteiger partial charge in [0.15, 0.2) is 11.7 Å². The molecule has 13 heavy (non-hydrogen) atoms. The van der Waals surface area contributed by atoms with Crippen LogP contribution in [0, 0.1) is 0 Å². The van der Waals surface area contributed by atoms with Crippen LogP contribution in [0.5, 0.6) is 0 Å². The summed E-state index contributed by atoms with van der Waals surface area (Å²) in [6.07, 6.45) is 3.70. The number of nitrogens with zero attached hydrogens (tertiary/aromatic N) is 1. The summed E-state index contributed by atoms with van der Waals surface area (Å²) < 4.78 is 17.4. The number of rotatable bonds is 2. The third-order valence-corrected chi connectivity index (χ3v) is 2.35. The van der Waals surface area contributed by atoms with Gasteiger partial charge in [0.05, 0.1) is 6.20 Å². The van der Waals surface area contributed by atoms with Crippen LogP contribution in [0.25, 0.3) is 0 Å². The highest BCUT2D eigenvalue weighted by molar-refractivity contribution is 4.99. The van der Waals surface area contributed by atoms with E-state index in [2.05, 4.69) is 10.3 Å². The molecule has 2 heterocycles. The van der Waals surface area contributed by atoms with Crippen molar-refractivity contribution in [3.63, 3.8) is 0 Å². The zero-order valence-corrected chi connectivity index (χ0v) is 7.42. The number of aromatic nitrogens is 1. The van der Waals surface area contributed by atoms with Crippen molar-refractivity contribution in [1.82, 2.24) is 10.3 Å². The van der Waals surface area contributed by atoms with E-state index in [4.69, 9.17) is 4.42 Å². The second kappa shape index (κ2) is 3.87. The first kappa shape index (κ1) is 8.69. The Bertz CT molecular complexity index is 268. The summed E-state index contributed by atoms with van der Waals surface area (Å²) in [7, 11) is 0. The van der Waals surface area contributed by atoms with Crippen molar-refractivity contribution in [2.45, 2.75) is 25.4 Å². The Kier molecular flexibility index (Phi) is 2.59. The molecule has 1 N–H and O–H groups in total. The van der Waals surface area contributed by atoms with Crippen molar-refractivity contribution in [1.29, 1.82) is 0 Å². The Morgan fingerprint density at radius 1 is 1.69 bits per heavy atom. The van der Waals surface area contributed by atoms with E-state index in [0.29, 0.717) is 17.6 Å². The Balaban J connectivity index is 2.05. The van der Waals surface area contributed by atoms with E-state index in [1.165, 1.54) is 6.20 Å². The summed E-state index contributed by atoms with van der Waals surface area (Å²) in [4.78, 5) is 4.06. The van der Waals surface area contributed by atoms with Crippen LogP contribution in [0.3, 0.4) is 0 Å². The first-order valence-corrected chi connectivity index (χ1v) is 4.61. The molecule has 72 valence electrons.